The summed E-state index contributed by atoms with van der Waals surface area (Å²) < 4.78 is 1.83. The smallest absolute Gasteiger partial charge is 0.196 e. The van der Waals surface area contributed by atoms with E-state index in [9.17, 15) is 4.79 Å². The number of ketones is 1. The molecule has 0 amide bonds. The molecule has 0 aliphatic carbocycles. The van der Waals surface area contributed by atoms with Crippen LogP contribution in [-0.2, 0) is 6.54 Å². The van der Waals surface area contributed by atoms with Gasteiger partial charge in [-0.1, -0.05) is 30.3 Å². The second kappa shape index (κ2) is 4.31. The molecule has 0 spiro atoms. The first-order valence-electron chi connectivity index (χ1n) is 5.36. The molecule has 0 N–H and O–H groups in total. The largest absolute Gasteiger partial charge is 0.288 e. The minimum Gasteiger partial charge on any atom is -0.288 e. The van der Waals surface area contributed by atoms with Gasteiger partial charge in [0.25, 0.3) is 0 Å². The predicted molar refractivity (Wildman–Crippen MR) is 62.5 cm³/mol. The number of benzene rings is 1. The molecule has 0 aliphatic rings. The highest BCUT2D eigenvalue weighted by Gasteiger charge is 2.14. The molecule has 1 heterocycles. The highest BCUT2D eigenvalue weighted by Crippen LogP contribution is 2.13. The van der Waals surface area contributed by atoms with Gasteiger partial charge in [0.2, 0.25) is 0 Å². The lowest BCUT2D eigenvalue weighted by atomic mass is 10.0. The first kappa shape index (κ1) is 10.6. The van der Waals surface area contributed by atoms with Crippen LogP contribution in [-0.4, -0.2) is 15.6 Å². The standard InChI is InChI=1S/C13H14N2O/c1-3-15-10(2)12(9-14-15)13(16)11-7-5-4-6-8-11/h4-9H,3H2,1-2H3. The van der Waals surface area contributed by atoms with Gasteiger partial charge in [-0.3, -0.25) is 9.48 Å². The van der Waals surface area contributed by atoms with Crippen LogP contribution < -0.4 is 0 Å². The van der Waals surface area contributed by atoms with E-state index in [4.69, 9.17) is 0 Å². The lowest BCUT2D eigenvalue weighted by molar-refractivity contribution is 0.103. The zero-order valence-corrected chi connectivity index (χ0v) is 9.47. The predicted octanol–water partition coefficient (Wildman–Crippen LogP) is 2.44. The lowest BCUT2D eigenvalue weighted by Crippen LogP contribution is -2.04. The fourth-order valence-electron chi connectivity index (χ4n) is 1.73. The van der Waals surface area contributed by atoms with Crippen molar-refractivity contribution in [1.29, 1.82) is 0 Å². The van der Waals surface area contributed by atoms with E-state index in [1.807, 2.05) is 48.9 Å². The Bertz CT molecular complexity index is 500. The number of hydrogen-bond donors (Lipinski definition) is 0. The van der Waals surface area contributed by atoms with Crippen LogP contribution in [0.1, 0.15) is 28.5 Å². The van der Waals surface area contributed by atoms with Crippen LogP contribution in [0.15, 0.2) is 36.5 Å². The maximum atomic E-state index is 12.1. The van der Waals surface area contributed by atoms with E-state index in [0.717, 1.165) is 12.2 Å². The zero-order valence-electron chi connectivity index (χ0n) is 9.47. The molecule has 0 saturated heterocycles. The molecule has 0 aliphatic heterocycles. The Hall–Kier alpha value is -1.90. The Morgan fingerprint density at radius 3 is 2.56 bits per heavy atom. The molecule has 2 aromatic rings. The molecule has 0 fully saturated rings. The summed E-state index contributed by atoms with van der Waals surface area (Å²) in [7, 11) is 0. The fraction of sp³-hybridized carbons (Fsp3) is 0.231. The van der Waals surface area contributed by atoms with Gasteiger partial charge in [0.05, 0.1) is 11.8 Å². The third-order valence-corrected chi connectivity index (χ3v) is 2.68. The van der Waals surface area contributed by atoms with Gasteiger partial charge in [0, 0.05) is 17.8 Å². The summed E-state index contributed by atoms with van der Waals surface area (Å²) in [5, 5.41) is 4.18. The van der Waals surface area contributed by atoms with E-state index in [-0.39, 0.29) is 5.78 Å². The second-order valence-electron chi connectivity index (χ2n) is 3.65. The quantitative estimate of drug-likeness (QED) is 0.735. The number of carbonyl (C=O) groups excluding carboxylic acids is 1. The summed E-state index contributed by atoms with van der Waals surface area (Å²) in [6.45, 7) is 4.72. The number of rotatable bonds is 3. The second-order valence-corrected chi connectivity index (χ2v) is 3.65. The van der Waals surface area contributed by atoms with Gasteiger partial charge in [-0.15, -0.1) is 0 Å². The molecule has 1 aromatic heterocycles. The number of hydrogen-bond acceptors (Lipinski definition) is 2. The third kappa shape index (κ3) is 1.76. The SMILES string of the molecule is CCn1ncc(C(=O)c2ccccc2)c1C. The Morgan fingerprint density at radius 1 is 1.31 bits per heavy atom. The fourth-order valence-corrected chi connectivity index (χ4v) is 1.73. The molecule has 0 atom stereocenters. The summed E-state index contributed by atoms with van der Waals surface area (Å²) >= 11 is 0. The van der Waals surface area contributed by atoms with Crippen LogP contribution in [0.25, 0.3) is 0 Å². The number of aryl methyl sites for hydroxylation is 1. The highest BCUT2D eigenvalue weighted by molar-refractivity contribution is 6.09. The molecule has 0 saturated carbocycles. The van der Waals surface area contributed by atoms with Crippen molar-refractivity contribution >= 4 is 5.78 Å². The third-order valence-electron chi connectivity index (χ3n) is 2.68. The van der Waals surface area contributed by atoms with Crippen molar-refractivity contribution in [3.63, 3.8) is 0 Å². The van der Waals surface area contributed by atoms with Gasteiger partial charge in [0.1, 0.15) is 0 Å². The van der Waals surface area contributed by atoms with Crippen molar-refractivity contribution in [1.82, 2.24) is 9.78 Å². The van der Waals surface area contributed by atoms with Crippen molar-refractivity contribution in [2.24, 2.45) is 0 Å². The molecular formula is C13H14N2O. The molecule has 0 bridgehead atoms. The summed E-state index contributed by atoms with van der Waals surface area (Å²) in [6, 6.07) is 9.29. The van der Waals surface area contributed by atoms with Crippen LogP contribution in [0.4, 0.5) is 0 Å². The zero-order chi connectivity index (χ0) is 11.5. The van der Waals surface area contributed by atoms with E-state index >= 15 is 0 Å². The Labute approximate surface area is 94.7 Å². The van der Waals surface area contributed by atoms with Crippen molar-refractivity contribution in [3.05, 3.63) is 53.3 Å². The van der Waals surface area contributed by atoms with Crippen LogP contribution in [0.3, 0.4) is 0 Å². The highest BCUT2D eigenvalue weighted by atomic mass is 16.1. The van der Waals surface area contributed by atoms with E-state index in [2.05, 4.69) is 5.10 Å². The molecule has 1 aromatic carbocycles. The lowest BCUT2D eigenvalue weighted by Gasteiger charge is -2.01. The number of carbonyl (C=O) groups is 1. The molecule has 82 valence electrons. The van der Waals surface area contributed by atoms with E-state index in [0.29, 0.717) is 11.1 Å². The average molecular weight is 214 g/mol. The summed E-state index contributed by atoms with van der Waals surface area (Å²) in [5.74, 6) is 0.0396. The molecule has 3 heteroatoms. The van der Waals surface area contributed by atoms with E-state index in [1.165, 1.54) is 0 Å². The Morgan fingerprint density at radius 2 is 2.00 bits per heavy atom. The molecule has 2 rings (SSSR count). The van der Waals surface area contributed by atoms with Gasteiger partial charge < -0.3 is 0 Å². The van der Waals surface area contributed by atoms with Crippen LogP contribution in [0, 0.1) is 6.92 Å². The van der Waals surface area contributed by atoms with Gasteiger partial charge in [-0.2, -0.15) is 5.10 Å². The first-order chi connectivity index (χ1) is 7.74. The van der Waals surface area contributed by atoms with Gasteiger partial charge in [0.15, 0.2) is 5.78 Å². The van der Waals surface area contributed by atoms with Gasteiger partial charge in [-0.25, -0.2) is 0 Å². The minimum absolute atomic E-state index is 0.0396. The van der Waals surface area contributed by atoms with Crippen LogP contribution in [0.2, 0.25) is 0 Å². The van der Waals surface area contributed by atoms with E-state index < -0.39 is 0 Å². The average Bonchev–Trinajstić information content (AvgIpc) is 2.70. The molecule has 3 nitrogen and oxygen atoms in total. The molecule has 16 heavy (non-hydrogen) atoms. The summed E-state index contributed by atoms with van der Waals surface area (Å²) in [5.41, 5.74) is 2.32. The first-order valence-corrected chi connectivity index (χ1v) is 5.36. The van der Waals surface area contributed by atoms with Gasteiger partial charge in [-0.05, 0) is 13.8 Å². The summed E-state index contributed by atoms with van der Waals surface area (Å²) in [6.07, 6.45) is 1.65. The molecule has 0 unspecified atom stereocenters. The minimum atomic E-state index is 0.0396. The van der Waals surface area contributed by atoms with Crippen molar-refractivity contribution in [2.75, 3.05) is 0 Å². The topological polar surface area (TPSA) is 34.9 Å². The van der Waals surface area contributed by atoms with Crippen molar-refractivity contribution in [3.8, 4) is 0 Å². The normalized spacial score (nSPS) is 10.4. The maximum absolute atomic E-state index is 12.1. The van der Waals surface area contributed by atoms with Crippen LogP contribution >= 0.6 is 0 Å². The van der Waals surface area contributed by atoms with Crippen LogP contribution in [0.5, 0.6) is 0 Å². The summed E-state index contributed by atoms with van der Waals surface area (Å²) in [4.78, 5) is 12.1. The van der Waals surface area contributed by atoms with Crippen molar-refractivity contribution in [2.45, 2.75) is 20.4 Å². The maximum Gasteiger partial charge on any atom is 0.196 e. The number of aromatic nitrogens is 2. The molecular weight excluding hydrogens is 200 g/mol. The van der Waals surface area contributed by atoms with Gasteiger partial charge >= 0.3 is 0 Å². The van der Waals surface area contributed by atoms with Crippen molar-refractivity contribution < 1.29 is 4.79 Å². The Balaban J connectivity index is 2.38. The molecule has 0 radical (unpaired) electrons. The van der Waals surface area contributed by atoms with E-state index in [1.54, 1.807) is 6.20 Å². The monoisotopic (exact) mass is 214 g/mol. The number of nitrogens with zero attached hydrogens (tertiary/aromatic N) is 2. The Kier molecular flexibility index (Phi) is 2.86.